The van der Waals surface area contributed by atoms with Crippen molar-refractivity contribution in [3.63, 3.8) is 0 Å². The van der Waals surface area contributed by atoms with E-state index in [1.54, 1.807) is 0 Å². The third-order valence-corrected chi connectivity index (χ3v) is 5.80. The Bertz CT molecular complexity index is 1210. The van der Waals surface area contributed by atoms with Gasteiger partial charge in [0, 0.05) is 73.5 Å². The normalized spacial score (nSPS) is 14.3. The molecule has 0 amide bonds. The molecule has 4 aromatic rings. The standard InChI is InChI=1S/C24H27N7/c1-2-11-31-16-21(19-7-4-8-27-23(19)31)22-20(15-28-24(25)29-22)17-5-3-6-18(14-17)30-12-9-26-10-13-30/h3-8,14-16,26H,2,9-13H2,1H3,(H2,25,28,29). The van der Waals surface area contributed by atoms with E-state index in [0.29, 0.717) is 0 Å². The first-order chi connectivity index (χ1) is 15.2. The van der Waals surface area contributed by atoms with Gasteiger partial charge in [-0.15, -0.1) is 0 Å². The number of aromatic nitrogens is 4. The fraction of sp³-hybridized carbons (Fsp3) is 0.292. The van der Waals surface area contributed by atoms with Gasteiger partial charge in [0.05, 0.1) is 5.69 Å². The van der Waals surface area contributed by atoms with E-state index in [9.17, 15) is 0 Å². The van der Waals surface area contributed by atoms with Crippen LogP contribution in [-0.4, -0.2) is 45.7 Å². The smallest absolute Gasteiger partial charge is 0.220 e. The van der Waals surface area contributed by atoms with Crippen LogP contribution in [0.25, 0.3) is 33.4 Å². The van der Waals surface area contributed by atoms with Crippen LogP contribution in [0.3, 0.4) is 0 Å². The molecule has 158 valence electrons. The Labute approximate surface area is 182 Å². The largest absolute Gasteiger partial charge is 0.369 e. The van der Waals surface area contributed by atoms with Crippen molar-refractivity contribution in [3.8, 4) is 22.4 Å². The van der Waals surface area contributed by atoms with E-state index < -0.39 is 0 Å². The molecule has 1 fully saturated rings. The third kappa shape index (κ3) is 3.72. The summed E-state index contributed by atoms with van der Waals surface area (Å²) in [7, 11) is 0. The zero-order chi connectivity index (χ0) is 21.2. The van der Waals surface area contributed by atoms with Gasteiger partial charge in [0.15, 0.2) is 0 Å². The van der Waals surface area contributed by atoms with Crippen molar-refractivity contribution in [2.75, 3.05) is 36.8 Å². The first kappa shape index (κ1) is 19.5. The van der Waals surface area contributed by atoms with Gasteiger partial charge in [-0.3, -0.25) is 0 Å². The van der Waals surface area contributed by atoms with Gasteiger partial charge in [-0.1, -0.05) is 19.1 Å². The van der Waals surface area contributed by atoms with E-state index in [-0.39, 0.29) is 5.95 Å². The molecular weight excluding hydrogens is 386 g/mol. The minimum atomic E-state index is 0.275. The number of rotatable bonds is 5. The molecule has 4 heterocycles. The molecule has 5 rings (SSSR count). The molecule has 0 unspecified atom stereocenters. The minimum Gasteiger partial charge on any atom is -0.369 e. The summed E-state index contributed by atoms with van der Waals surface area (Å²) in [6, 6.07) is 12.7. The molecule has 7 heteroatoms. The van der Waals surface area contributed by atoms with Crippen LogP contribution in [-0.2, 0) is 6.54 Å². The van der Waals surface area contributed by atoms with Crippen molar-refractivity contribution in [3.05, 3.63) is 55.0 Å². The SMILES string of the molecule is CCCn1cc(-c2nc(N)ncc2-c2cccc(N3CCNCC3)c2)c2cccnc21. The van der Waals surface area contributed by atoms with Gasteiger partial charge >= 0.3 is 0 Å². The number of nitrogens with zero attached hydrogens (tertiary/aromatic N) is 5. The van der Waals surface area contributed by atoms with Gasteiger partial charge in [-0.05, 0) is 36.2 Å². The van der Waals surface area contributed by atoms with Gasteiger partial charge in [-0.2, -0.15) is 0 Å². The zero-order valence-electron chi connectivity index (χ0n) is 17.8. The van der Waals surface area contributed by atoms with Crippen molar-refractivity contribution in [1.82, 2.24) is 24.8 Å². The first-order valence-electron chi connectivity index (χ1n) is 10.9. The van der Waals surface area contributed by atoms with Crippen LogP contribution in [0, 0.1) is 0 Å². The molecule has 31 heavy (non-hydrogen) atoms. The maximum Gasteiger partial charge on any atom is 0.220 e. The number of nitrogens with one attached hydrogen (secondary N) is 1. The van der Waals surface area contributed by atoms with E-state index in [2.05, 4.69) is 73.2 Å². The Morgan fingerprint density at radius 1 is 1.06 bits per heavy atom. The third-order valence-electron chi connectivity index (χ3n) is 5.80. The first-order valence-corrected chi connectivity index (χ1v) is 10.9. The lowest BCUT2D eigenvalue weighted by Gasteiger charge is -2.29. The molecule has 3 aromatic heterocycles. The summed E-state index contributed by atoms with van der Waals surface area (Å²) in [5.41, 5.74) is 12.2. The maximum atomic E-state index is 6.04. The molecule has 1 saturated heterocycles. The molecule has 0 spiro atoms. The van der Waals surface area contributed by atoms with Crippen molar-refractivity contribution in [2.24, 2.45) is 0 Å². The summed E-state index contributed by atoms with van der Waals surface area (Å²) in [4.78, 5) is 16.0. The molecule has 0 bridgehead atoms. The van der Waals surface area contributed by atoms with Crippen molar-refractivity contribution in [2.45, 2.75) is 19.9 Å². The minimum absolute atomic E-state index is 0.275. The van der Waals surface area contributed by atoms with Crippen LogP contribution in [0.1, 0.15) is 13.3 Å². The van der Waals surface area contributed by atoms with Crippen molar-refractivity contribution >= 4 is 22.7 Å². The van der Waals surface area contributed by atoms with Gasteiger partial charge < -0.3 is 20.5 Å². The second kappa shape index (κ2) is 8.35. The van der Waals surface area contributed by atoms with E-state index in [0.717, 1.165) is 72.6 Å². The number of hydrogen-bond acceptors (Lipinski definition) is 6. The fourth-order valence-corrected chi connectivity index (χ4v) is 4.33. The summed E-state index contributed by atoms with van der Waals surface area (Å²) < 4.78 is 2.20. The highest BCUT2D eigenvalue weighted by molar-refractivity contribution is 5.97. The Balaban J connectivity index is 1.65. The average molecular weight is 414 g/mol. The highest BCUT2D eigenvalue weighted by Crippen LogP contribution is 2.36. The van der Waals surface area contributed by atoms with Crippen LogP contribution in [0.4, 0.5) is 11.6 Å². The Kier molecular flexibility index (Phi) is 5.26. The van der Waals surface area contributed by atoms with Gasteiger partial charge in [-0.25, -0.2) is 15.0 Å². The van der Waals surface area contributed by atoms with Gasteiger partial charge in [0.2, 0.25) is 5.95 Å². The lowest BCUT2D eigenvalue weighted by atomic mass is 10.00. The summed E-state index contributed by atoms with van der Waals surface area (Å²) in [5.74, 6) is 0.275. The van der Waals surface area contributed by atoms with E-state index in [1.165, 1.54) is 5.69 Å². The summed E-state index contributed by atoms with van der Waals surface area (Å²) >= 11 is 0. The molecule has 0 radical (unpaired) electrons. The zero-order valence-corrected chi connectivity index (χ0v) is 17.8. The molecule has 1 aromatic carbocycles. The molecule has 1 aliphatic heterocycles. The number of nitrogens with two attached hydrogens (primary N) is 1. The maximum absolute atomic E-state index is 6.04. The number of aryl methyl sites for hydroxylation is 1. The molecule has 0 saturated carbocycles. The number of hydrogen-bond donors (Lipinski definition) is 2. The van der Waals surface area contributed by atoms with E-state index in [4.69, 9.17) is 5.73 Å². The van der Waals surface area contributed by atoms with Gasteiger partial charge in [0.25, 0.3) is 0 Å². The highest BCUT2D eigenvalue weighted by Gasteiger charge is 2.18. The highest BCUT2D eigenvalue weighted by atomic mass is 15.2. The van der Waals surface area contributed by atoms with Crippen LogP contribution in [0.15, 0.2) is 55.0 Å². The number of pyridine rings is 1. The number of nitrogen functional groups attached to an aromatic ring is 1. The molecule has 3 N–H and O–H groups in total. The number of fused-ring (bicyclic) bond motifs is 1. The molecule has 7 nitrogen and oxygen atoms in total. The summed E-state index contributed by atoms with van der Waals surface area (Å²) in [6.07, 6.45) is 6.86. The Hall–Kier alpha value is -3.45. The molecular formula is C24H27N7. The summed E-state index contributed by atoms with van der Waals surface area (Å²) in [5, 5.41) is 4.49. The Morgan fingerprint density at radius 3 is 2.77 bits per heavy atom. The van der Waals surface area contributed by atoms with E-state index in [1.807, 2.05) is 18.5 Å². The number of anilines is 2. The van der Waals surface area contributed by atoms with Crippen LogP contribution in [0.5, 0.6) is 0 Å². The topological polar surface area (TPSA) is 84.9 Å². The van der Waals surface area contributed by atoms with Crippen molar-refractivity contribution in [1.29, 1.82) is 0 Å². The number of benzene rings is 1. The molecule has 1 aliphatic rings. The predicted octanol–water partition coefficient (Wildman–Crippen LogP) is 3.56. The number of piperazine rings is 1. The average Bonchev–Trinajstić information content (AvgIpc) is 3.18. The summed E-state index contributed by atoms with van der Waals surface area (Å²) in [6.45, 7) is 7.09. The molecule has 0 atom stereocenters. The fourth-order valence-electron chi connectivity index (χ4n) is 4.33. The van der Waals surface area contributed by atoms with Crippen molar-refractivity contribution < 1.29 is 0 Å². The lowest BCUT2D eigenvalue weighted by molar-refractivity contribution is 0.589. The van der Waals surface area contributed by atoms with Gasteiger partial charge in [0.1, 0.15) is 5.65 Å². The second-order valence-corrected chi connectivity index (χ2v) is 7.89. The second-order valence-electron chi connectivity index (χ2n) is 7.89. The molecule has 0 aliphatic carbocycles. The lowest BCUT2D eigenvalue weighted by Crippen LogP contribution is -2.43. The Morgan fingerprint density at radius 2 is 1.94 bits per heavy atom. The van der Waals surface area contributed by atoms with E-state index >= 15 is 0 Å². The van der Waals surface area contributed by atoms with Crippen LogP contribution < -0.4 is 16.0 Å². The van der Waals surface area contributed by atoms with Crippen LogP contribution in [0.2, 0.25) is 0 Å². The van der Waals surface area contributed by atoms with Crippen LogP contribution >= 0.6 is 0 Å². The quantitative estimate of drug-likeness (QED) is 0.520. The predicted molar refractivity (Wildman–Crippen MR) is 126 cm³/mol. The monoisotopic (exact) mass is 413 g/mol.